The van der Waals surface area contributed by atoms with Gasteiger partial charge in [-0.2, -0.15) is 0 Å². The summed E-state index contributed by atoms with van der Waals surface area (Å²) in [4.78, 5) is 15.3. The normalized spacial score (nSPS) is 10.6. The molecule has 0 amide bonds. The van der Waals surface area contributed by atoms with Crippen LogP contribution in [0.4, 0.5) is 11.5 Å². The van der Waals surface area contributed by atoms with E-state index in [1.165, 1.54) is 6.33 Å². The topological polar surface area (TPSA) is 75.7 Å². The maximum atomic E-state index is 6.07. The predicted octanol–water partition coefficient (Wildman–Crippen LogP) is 2.76. The molecule has 0 atom stereocenters. The lowest BCUT2D eigenvalue weighted by Gasteiger charge is -2.08. The molecule has 2 aromatic heterocycles. The van der Waals surface area contributed by atoms with Gasteiger partial charge >= 0.3 is 0 Å². The van der Waals surface area contributed by atoms with E-state index in [0.29, 0.717) is 22.2 Å². The van der Waals surface area contributed by atoms with Crippen LogP contribution in [0.5, 0.6) is 5.75 Å². The highest BCUT2D eigenvalue weighted by atomic mass is 35.5. The lowest BCUT2D eigenvalue weighted by Crippen LogP contribution is -1.96. The first kappa shape index (κ1) is 11.7. The lowest BCUT2D eigenvalue weighted by atomic mass is 10.3. The Morgan fingerprint density at radius 2 is 2.16 bits per heavy atom. The molecule has 0 aliphatic rings. The Morgan fingerprint density at radius 1 is 1.26 bits per heavy atom. The molecule has 2 N–H and O–H groups in total. The molecule has 7 heteroatoms. The standard InChI is InChI=1S/C12H10ClN5O/c1-19-9-3-2-7(4-8(9)13)18-12-10-11(15-5-14-10)16-6-17-12/h2-6H,1H3,(H2,14,15,16,17,18). The fourth-order valence-corrected chi connectivity index (χ4v) is 2.00. The van der Waals surface area contributed by atoms with E-state index in [4.69, 9.17) is 16.3 Å². The van der Waals surface area contributed by atoms with Crippen molar-refractivity contribution >= 4 is 34.3 Å². The number of imidazole rings is 1. The quantitative estimate of drug-likeness (QED) is 0.769. The molecule has 2 heterocycles. The van der Waals surface area contributed by atoms with Crippen molar-refractivity contribution in [3.63, 3.8) is 0 Å². The van der Waals surface area contributed by atoms with E-state index in [0.717, 1.165) is 11.2 Å². The molecule has 0 bridgehead atoms. The molecule has 1 aromatic carbocycles. The zero-order valence-corrected chi connectivity index (χ0v) is 10.8. The molecule has 0 aliphatic carbocycles. The Labute approximate surface area is 113 Å². The van der Waals surface area contributed by atoms with Gasteiger partial charge in [0, 0.05) is 5.69 Å². The smallest absolute Gasteiger partial charge is 0.182 e. The maximum absolute atomic E-state index is 6.07. The van der Waals surface area contributed by atoms with Crippen LogP contribution in [0.3, 0.4) is 0 Å². The summed E-state index contributed by atoms with van der Waals surface area (Å²) in [7, 11) is 1.58. The van der Waals surface area contributed by atoms with Gasteiger partial charge in [0.25, 0.3) is 0 Å². The number of H-pyrrole nitrogens is 1. The number of aromatic amines is 1. The van der Waals surface area contributed by atoms with Gasteiger partial charge in [-0.1, -0.05) is 11.6 Å². The van der Waals surface area contributed by atoms with Crippen LogP contribution in [0, 0.1) is 0 Å². The van der Waals surface area contributed by atoms with Gasteiger partial charge in [0.1, 0.15) is 17.6 Å². The van der Waals surface area contributed by atoms with Gasteiger partial charge < -0.3 is 15.0 Å². The van der Waals surface area contributed by atoms with E-state index < -0.39 is 0 Å². The number of rotatable bonds is 3. The van der Waals surface area contributed by atoms with Crippen LogP contribution >= 0.6 is 11.6 Å². The fraction of sp³-hybridized carbons (Fsp3) is 0.0833. The number of methoxy groups -OCH3 is 1. The lowest BCUT2D eigenvalue weighted by molar-refractivity contribution is 0.415. The third kappa shape index (κ3) is 2.17. The summed E-state index contributed by atoms with van der Waals surface area (Å²) in [6, 6.07) is 5.41. The van der Waals surface area contributed by atoms with Crippen molar-refractivity contribution < 1.29 is 4.74 Å². The number of anilines is 2. The Bertz CT molecular complexity index is 727. The number of ether oxygens (including phenoxy) is 1. The van der Waals surface area contributed by atoms with Crippen LogP contribution in [-0.2, 0) is 0 Å². The Balaban J connectivity index is 1.97. The third-order valence-corrected chi connectivity index (χ3v) is 2.93. The number of nitrogens with zero attached hydrogens (tertiary/aromatic N) is 3. The summed E-state index contributed by atoms with van der Waals surface area (Å²) < 4.78 is 5.11. The third-order valence-electron chi connectivity index (χ3n) is 2.64. The first-order valence-electron chi connectivity index (χ1n) is 5.52. The Hall–Kier alpha value is -2.34. The van der Waals surface area contributed by atoms with Crippen molar-refractivity contribution in [3.8, 4) is 5.75 Å². The highest BCUT2D eigenvalue weighted by molar-refractivity contribution is 6.32. The van der Waals surface area contributed by atoms with E-state index in [2.05, 4.69) is 25.3 Å². The van der Waals surface area contributed by atoms with Crippen LogP contribution in [-0.4, -0.2) is 27.0 Å². The zero-order chi connectivity index (χ0) is 13.2. The van der Waals surface area contributed by atoms with E-state index in [-0.39, 0.29) is 0 Å². The molecule has 0 saturated carbocycles. The Kier molecular flexibility index (Phi) is 2.92. The van der Waals surface area contributed by atoms with Crippen molar-refractivity contribution in [1.82, 2.24) is 19.9 Å². The number of halogens is 1. The van der Waals surface area contributed by atoms with Gasteiger partial charge in [-0.25, -0.2) is 15.0 Å². The highest BCUT2D eigenvalue weighted by Crippen LogP contribution is 2.29. The second-order valence-electron chi connectivity index (χ2n) is 3.80. The number of aromatic nitrogens is 4. The molecule has 96 valence electrons. The molecular weight excluding hydrogens is 266 g/mol. The first-order valence-corrected chi connectivity index (χ1v) is 5.90. The van der Waals surface area contributed by atoms with E-state index >= 15 is 0 Å². The fourth-order valence-electron chi connectivity index (χ4n) is 1.74. The minimum absolute atomic E-state index is 0.530. The van der Waals surface area contributed by atoms with Crippen LogP contribution in [0.15, 0.2) is 30.9 Å². The average molecular weight is 276 g/mol. The molecule has 3 rings (SSSR count). The number of hydrogen-bond donors (Lipinski definition) is 2. The summed E-state index contributed by atoms with van der Waals surface area (Å²) in [5, 5.41) is 3.69. The summed E-state index contributed by atoms with van der Waals surface area (Å²) in [5.41, 5.74) is 2.16. The average Bonchev–Trinajstić information content (AvgIpc) is 2.88. The van der Waals surface area contributed by atoms with Gasteiger partial charge in [0.05, 0.1) is 18.5 Å². The summed E-state index contributed by atoms with van der Waals surface area (Å²) in [6.45, 7) is 0. The SMILES string of the molecule is COc1ccc(Nc2ncnc3nc[nH]c23)cc1Cl. The van der Waals surface area contributed by atoms with Crippen LogP contribution in [0.2, 0.25) is 5.02 Å². The molecule has 0 aliphatic heterocycles. The maximum Gasteiger partial charge on any atom is 0.182 e. The minimum atomic E-state index is 0.530. The molecule has 0 fully saturated rings. The Morgan fingerprint density at radius 3 is 2.95 bits per heavy atom. The molecule has 0 saturated heterocycles. The minimum Gasteiger partial charge on any atom is -0.495 e. The van der Waals surface area contributed by atoms with Gasteiger partial charge in [-0.3, -0.25) is 0 Å². The van der Waals surface area contributed by atoms with Crippen LogP contribution < -0.4 is 10.1 Å². The zero-order valence-electron chi connectivity index (χ0n) is 10.0. The second-order valence-corrected chi connectivity index (χ2v) is 4.20. The number of fused-ring (bicyclic) bond motifs is 1. The summed E-state index contributed by atoms with van der Waals surface area (Å²) in [6.07, 6.45) is 3.03. The summed E-state index contributed by atoms with van der Waals surface area (Å²) in [5.74, 6) is 1.27. The van der Waals surface area contributed by atoms with E-state index in [1.54, 1.807) is 25.6 Å². The van der Waals surface area contributed by atoms with E-state index in [9.17, 15) is 0 Å². The van der Waals surface area contributed by atoms with Gasteiger partial charge in [0.15, 0.2) is 11.5 Å². The molecule has 0 radical (unpaired) electrons. The van der Waals surface area contributed by atoms with Crippen molar-refractivity contribution in [2.24, 2.45) is 0 Å². The highest BCUT2D eigenvalue weighted by Gasteiger charge is 2.07. The van der Waals surface area contributed by atoms with E-state index in [1.807, 2.05) is 6.07 Å². The van der Waals surface area contributed by atoms with Crippen molar-refractivity contribution in [2.45, 2.75) is 0 Å². The number of nitrogens with one attached hydrogen (secondary N) is 2. The second kappa shape index (κ2) is 4.74. The molecular formula is C12H10ClN5O. The van der Waals surface area contributed by atoms with Gasteiger partial charge in [-0.15, -0.1) is 0 Å². The predicted molar refractivity (Wildman–Crippen MR) is 73.0 cm³/mol. The largest absolute Gasteiger partial charge is 0.495 e. The van der Waals surface area contributed by atoms with Crippen molar-refractivity contribution in [3.05, 3.63) is 35.9 Å². The first-order chi connectivity index (χ1) is 9.28. The number of hydrogen-bond acceptors (Lipinski definition) is 5. The molecule has 0 unspecified atom stereocenters. The van der Waals surface area contributed by atoms with Crippen molar-refractivity contribution in [1.29, 1.82) is 0 Å². The molecule has 19 heavy (non-hydrogen) atoms. The summed E-state index contributed by atoms with van der Waals surface area (Å²) >= 11 is 6.07. The molecule has 0 spiro atoms. The number of benzene rings is 1. The van der Waals surface area contributed by atoms with Gasteiger partial charge in [0.2, 0.25) is 0 Å². The van der Waals surface area contributed by atoms with Crippen LogP contribution in [0.1, 0.15) is 0 Å². The van der Waals surface area contributed by atoms with Crippen LogP contribution in [0.25, 0.3) is 11.2 Å². The van der Waals surface area contributed by atoms with Crippen molar-refractivity contribution in [2.75, 3.05) is 12.4 Å². The van der Waals surface area contributed by atoms with Gasteiger partial charge in [-0.05, 0) is 18.2 Å². The monoisotopic (exact) mass is 275 g/mol. The molecule has 3 aromatic rings. The molecule has 6 nitrogen and oxygen atoms in total.